The Balaban J connectivity index is 2.33. The second kappa shape index (κ2) is 6.18. The smallest absolute Gasteiger partial charge is 0.254 e. The van der Waals surface area contributed by atoms with Crippen molar-refractivity contribution in [2.45, 2.75) is 50.5 Å². The number of rotatable bonds is 4. The first kappa shape index (κ1) is 14.7. The number of alkyl halides is 1. The minimum absolute atomic E-state index is 0.0698. The minimum atomic E-state index is -0.398. The number of aromatic amines is 1. The maximum absolute atomic E-state index is 11.9. The molecule has 0 saturated heterocycles. The fraction of sp³-hybridized carbons (Fsp3) is 0.714. The molecule has 106 valence electrons. The van der Waals surface area contributed by atoms with Crippen LogP contribution in [0.3, 0.4) is 0 Å². The van der Waals surface area contributed by atoms with Gasteiger partial charge in [0, 0.05) is 23.7 Å². The fourth-order valence-electron chi connectivity index (χ4n) is 2.70. The molecule has 2 rings (SSSR count). The molecule has 0 bridgehead atoms. The van der Waals surface area contributed by atoms with E-state index in [1.807, 2.05) is 6.92 Å². The summed E-state index contributed by atoms with van der Waals surface area (Å²) in [7, 11) is 0. The van der Waals surface area contributed by atoms with E-state index >= 15 is 0 Å². The Kier molecular flexibility index (Phi) is 4.79. The SMILES string of the molecule is CCOC1(c2ncc(CBr)c(=O)[nH]2)CCC(C)CC1. The summed E-state index contributed by atoms with van der Waals surface area (Å²) in [6.45, 7) is 4.89. The van der Waals surface area contributed by atoms with Crippen LogP contribution in [0.25, 0.3) is 0 Å². The molecular formula is C14H21BrN2O2. The zero-order chi connectivity index (χ0) is 13.9. The van der Waals surface area contributed by atoms with Gasteiger partial charge in [0.05, 0.1) is 0 Å². The number of hydrogen-bond donors (Lipinski definition) is 1. The van der Waals surface area contributed by atoms with E-state index in [2.05, 4.69) is 32.8 Å². The Hall–Kier alpha value is -0.680. The Morgan fingerprint density at radius 2 is 2.21 bits per heavy atom. The molecule has 1 aromatic rings. The Bertz CT molecular complexity index is 479. The lowest BCUT2D eigenvalue weighted by molar-refractivity contribution is -0.0838. The van der Waals surface area contributed by atoms with Gasteiger partial charge in [-0.3, -0.25) is 4.79 Å². The van der Waals surface area contributed by atoms with Crippen molar-refractivity contribution in [3.8, 4) is 0 Å². The molecule has 0 radical (unpaired) electrons. The molecule has 1 heterocycles. The van der Waals surface area contributed by atoms with Crippen molar-refractivity contribution in [3.05, 3.63) is 27.9 Å². The van der Waals surface area contributed by atoms with Gasteiger partial charge in [-0.1, -0.05) is 22.9 Å². The van der Waals surface area contributed by atoms with Gasteiger partial charge in [-0.05, 0) is 38.5 Å². The molecule has 5 heteroatoms. The van der Waals surface area contributed by atoms with Crippen molar-refractivity contribution < 1.29 is 4.74 Å². The van der Waals surface area contributed by atoms with E-state index in [4.69, 9.17) is 4.74 Å². The number of hydrogen-bond acceptors (Lipinski definition) is 3. The van der Waals surface area contributed by atoms with Crippen LogP contribution in [0, 0.1) is 5.92 Å². The Morgan fingerprint density at radius 3 is 2.74 bits per heavy atom. The van der Waals surface area contributed by atoms with Gasteiger partial charge in [-0.2, -0.15) is 0 Å². The van der Waals surface area contributed by atoms with Crippen LogP contribution in [0.1, 0.15) is 50.9 Å². The quantitative estimate of drug-likeness (QED) is 0.864. The summed E-state index contributed by atoms with van der Waals surface area (Å²) in [6, 6.07) is 0. The van der Waals surface area contributed by atoms with E-state index < -0.39 is 5.60 Å². The van der Waals surface area contributed by atoms with Crippen LogP contribution in [-0.2, 0) is 15.7 Å². The summed E-state index contributed by atoms with van der Waals surface area (Å²) in [5.41, 5.74) is 0.185. The summed E-state index contributed by atoms with van der Waals surface area (Å²) in [4.78, 5) is 19.3. The van der Waals surface area contributed by atoms with E-state index in [1.54, 1.807) is 6.20 Å². The van der Waals surface area contributed by atoms with E-state index in [1.165, 1.54) is 0 Å². The number of nitrogens with zero attached hydrogens (tertiary/aromatic N) is 1. The molecule has 1 fully saturated rings. The van der Waals surface area contributed by atoms with Crippen LogP contribution in [0.15, 0.2) is 11.0 Å². The molecule has 0 aromatic carbocycles. The Morgan fingerprint density at radius 1 is 1.53 bits per heavy atom. The van der Waals surface area contributed by atoms with Crippen molar-refractivity contribution in [2.75, 3.05) is 6.61 Å². The predicted molar refractivity (Wildman–Crippen MR) is 78.4 cm³/mol. The highest BCUT2D eigenvalue weighted by Crippen LogP contribution is 2.40. The molecule has 1 aromatic heterocycles. The lowest BCUT2D eigenvalue weighted by Crippen LogP contribution is -2.38. The maximum Gasteiger partial charge on any atom is 0.254 e. The third-order valence-corrected chi connectivity index (χ3v) is 4.56. The Labute approximate surface area is 122 Å². The van der Waals surface area contributed by atoms with Crippen LogP contribution < -0.4 is 5.56 Å². The highest BCUT2D eigenvalue weighted by Gasteiger charge is 2.38. The second-order valence-electron chi connectivity index (χ2n) is 5.33. The topological polar surface area (TPSA) is 55.0 Å². The van der Waals surface area contributed by atoms with Gasteiger partial charge in [0.2, 0.25) is 0 Å². The van der Waals surface area contributed by atoms with E-state index in [0.717, 1.165) is 31.6 Å². The first-order valence-corrected chi connectivity index (χ1v) is 8.02. The molecule has 4 nitrogen and oxygen atoms in total. The number of ether oxygens (including phenoxy) is 1. The van der Waals surface area contributed by atoms with Crippen molar-refractivity contribution in [1.29, 1.82) is 0 Å². The molecule has 19 heavy (non-hydrogen) atoms. The van der Waals surface area contributed by atoms with Crippen LogP contribution in [0.5, 0.6) is 0 Å². The van der Waals surface area contributed by atoms with Crippen LogP contribution in [-0.4, -0.2) is 16.6 Å². The summed E-state index contributed by atoms with van der Waals surface area (Å²) >= 11 is 3.29. The van der Waals surface area contributed by atoms with Crippen molar-refractivity contribution in [2.24, 2.45) is 5.92 Å². The van der Waals surface area contributed by atoms with Crippen molar-refractivity contribution >= 4 is 15.9 Å². The number of aromatic nitrogens is 2. The van der Waals surface area contributed by atoms with Gasteiger partial charge in [0.25, 0.3) is 5.56 Å². The lowest BCUT2D eigenvalue weighted by Gasteiger charge is -2.38. The molecule has 0 unspecified atom stereocenters. The largest absolute Gasteiger partial charge is 0.367 e. The molecule has 1 aliphatic rings. The average molecular weight is 329 g/mol. The highest BCUT2D eigenvalue weighted by atomic mass is 79.9. The standard InChI is InChI=1S/C14H21BrN2O2/c1-3-19-14(6-4-10(2)5-7-14)13-16-9-11(8-15)12(18)17-13/h9-10H,3-8H2,1-2H3,(H,16,17,18). The first-order chi connectivity index (χ1) is 9.11. The van der Waals surface area contributed by atoms with E-state index in [0.29, 0.717) is 23.3 Å². The van der Waals surface area contributed by atoms with Gasteiger partial charge in [0.15, 0.2) is 0 Å². The van der Waals surface area contributed by atoms with Crippen molar-refractivity contribution in [1.82, 2.24) is 9.97 Å². The monoisotopic (exact) mass is 328 g/mol. The minimum Gasteiger partial charge on any atom is -0.367 e. The fourth-order valence-corrected chi connectivity index (χ4v) is 3.10. The molecular weight excluding hydrogens is 308 g/mol. The van der Waals surface area contributed by atoms with Crippen molar-refractivity contribution in [3.63, 3.8) is 0 Å². The summed E-state index contributed by atoms with van der Waals surface area (Å²) in [6.07, 6.45) is 5.74. The van der Waals surface area contributed by atoms with Crippen LogP contribution >= 0.6 is 15.9 Å². The highest BCUT2D eigenvalue weighted by molar-refractivity contribution is 9.08. The summed E-state index contributed by atoms with van der Waals surface area (Å²) < 4.78 is 5.99. The van der Waals surface area contributed by atoms with Gasteiger partial charge in [0.1, 0.15) is 11.4 Å². The van der Waals surface area contributed by atoms with E-state index in [9.17, 15) is 4.79 Å². The number of H-pyrrole nitrogens is 1. The maximum atomic E-state index is 11.9. The number of nitrogens with one attached hydrogen (secondary N) is 1. The van der Waals surface area contributed by atoms with Gasteiger partial charge in [-0.15, -0.1) is 0 Å². The number of halogens is 1. The van der Waals surface area contributed by atoms with E-state index in [-0.39, 0.29) is 5.56 Å². The molecule has 0 amide bonds. The molecule has 1 aliphatic carbocycles. The lowest BCUT2D eigenvalue weighted by atomic mass is 9.79. The summed E-state index contributed by atoms with van der Waals surface area (Å²) in [5, 5.41) is 0.522. The zero-order valence-corrected chi connectivity index (χ0v) is 13.1. The molecule has 0 spiro atoms. The third-order valence-electron chi connectivity index (χ3n) is 3.95. The second-order valence-corrected chi connectivity index (χ2v) is 5.89. The average Bonchev–Trinajstić information content (AvgIpc) is 2.42. The first-order valence-electron chi connectivity index (χ1n) is 6.90. The molecule has 1 N–H and O–H groups in total. The zero-order valence-electron chi connectivity index (χ0n) is 11.5. The van der Waals surface area contributed by atoms with Gasteiger partial charge < -0.3 is 9.72 Å². The molecule has 1 saturated carbocycles. The van der Waals surface area contributed by atoms with Gasteiger partial charge in [-0.25, -0.2) is 4.98 Å². The molecule has 0 aliphatic heterocycles. The van der Waals surface area contributed by atoms with Gasteiger partial charge >= 0.3 is 0 Å². The van der Waals surface area contributed by atoms with Crippen LogP contribution in [0.4, 0.5) is 0 Å². The third kappa shape index (κ3) is 3.08. The predicted octanol–water partition coefficient (Wildman–Crippen LogP) is 3.11. The molecule has 0 atom stereocenters. The normalized spacial score (nSPS) is 27.4. The van der Waals surface area contributed by atoms with Crippen LogP contribution in [0.2, 0.25) is 0 Å². The summed E-state index contributed by atoms with van der Waals surface area (Å²) in [5.74, 6) is 1.41.